The third-order valence-electron chi connectivity index (χ3n) is 1.53. The molecule has 1 aliphatic rings. The van der Waals surface area contributed by atoms with Gasteiger partial charge in [-0.05, 0) is 13.8 Å². The molecule has 0 radical (unpaired) electrons. The molecule has 4 heteroatoms. The fourth-order valence-corrected chi connectivity index (χ4v) is 0.983. The molecular formula is C6H7O4-. The van der Waals surface area contributed by atoms with Crippen LogP contribution in [0.4, 0.5) is 0 Å². The van der Waals surface area contributed by atoms with Crippen LogP contribution >= 0.6 is 0 Å². The monoisotopic (exact) mass is 143 g/mol. The summed E-state index contributed by atoms with van der Waals surface area (Å²) in [6, 6.07) is 0. The number of esters is 1. The van der Waals surface area contributed by atoms with E-state index in [0.717, 1.165) is 0 Å². The Bertz CT molecular complexity index is 186. The molecule has 0 amide bonds. The summed E-state index contributed by atoms with van der Waals surface area (Å²) >= 11 is 0. The maximum absolute atomic E-state index is 10.4. The van der Waals surface area contributed by atoms with Crippen molar-refractivity contribution in [1.82, 2.24) is 0 Å². The van der Waals surface area contributed by atoms with Crippen LogP contribution < -0.4 is 5.11 Å². The number of hydrogen-bond acceptors (Lipinski definition) is 4. The van der Waals surface area contributed by atoms with Crippen LogP contribution in [0.1, 0.15) is 13.8 Å². The second kappa shape index (κ2) is 1.71. The van der Waals surface area contributed by atoms with Crippen molar-refractivity contribution in [2.45, 2.75) is 19.4 Å². The van der Waals surface area contributed by atoms with Crippen molar-refractivity contribution in [1.29, 1.82) is 0 Å². The van der Waals surface area contributed by atoms with E-state index in [1.807, 2.05) is 0 Å². The Morgan fingerprint density at radius 1 is 1.70 bits per heavy atom. The highest BCUT2D eigenvalue weighted by atomic mass is 16.6. The molecule has 1 rings (SSSR count). The van der Waals surface area contributed by atoms with Crippen LogP contribution in [0.15, 0.2) is 0 Å². The molecule has 0 spiro atoms. The first-order valence-corrected chi connectivity index (χ1v) is 2.89. The number of carboxylic acids is 1. The molecule has 56 valence electrons. The van der Waals surface area contributed by atoms with E-state index in [1.54, 1.807) is 0 Å². The van der Waals surface area contributed by atoms with E-state index in [2.05, 4.69) is 4.74 Å². The highest BCUT2D eigenvalue weighted by molar-refractivity contribution is 5.98. The van der Waals surface area contributed by atoms with Crippen molar-refractivity contribution in [2.75, 3.05) is 0 Å². The Balaban J connectivity index is 2.75. The first kappa shape index (κ1) is 7.05. The number of ether oxygens (including phenoxy) is 1. The first-order valence-electron chi connectivity index (χ1n) is 2.89. The molecule has 0 aromatic rings. The molecule has 4 nitrogen and oxygen atoms in total. The Kier molecular flexibility index (Phi) is 1.21. The number of cyclic esters (lactones) is 1. The average molecular weight is 143 g/mol. The zero-order chi connectivity index (χ0) is 7.94. The smallest absolute Gasteiger partial charge is 0.319 e. The molecule has 0 aliphatic carbocycles. The van der Waals surface area contributed by atoms with Crippen molar-refractivity contribution < 1.29 is 19.4 Å². The summed E-state index contributed by atoms with van der Waals surface area (Å²) in [5, 5.41) is 10.2. The van der Waals surface area contributed by atoms with E-state index in [1.165, 1.54) is 13.8 Å². The largest absolute Gasteiger partial charge is 0.549 e. The molecule has 1 heterocycles. The van der Waals surface area contributed by atoms with Gasteiger partial charge in [0.05, 0.1) is 5.97 Å². The minimum absolute atomic E-state index is 0.704. The van der Waals surface area contributed by atoms with Crippen LogP contribution in [0.25, 0.3) is 0 Å². The third kappa shape index (κ3) is 0.761. The summed E-state index contributed by atoms with van der Waals surface area (Å²) in [4.78, 5) is 20.6. The molecule has 0 unspecified atom stereocenters. The van der Waals surface area contributed by atoms with E-state index in [4.69, 9.17) is 0 Å². The molecule has 10 heavy (non-hydrogen) atoms. The molecule has 1 saturated heterocycles. The van der Waals surface area contributed by atoms with E-state index in [-0.39, 0.29) is 0 Å². The van der Waals surface area contributed by atoms with Gasteiger partial charge in [0.1, 0.15) is 11.5 Å². The lowest BCUT2D eigenvalue weighted by Crippen LogP contribution is -2.60. The zero-order valence-corrected chi connectivity index (χ0v) is 5.71. The lowest BCUT2D eigenvalue weighted by atomic mass is 9.85. The number of carbonyl (C=O) groups excluding carboxylic acids is 2. The normalized spacial score (nSPS) is 28.6. The van der Waals surface area contributed by atoms with Gasteiger partial charge >= 0.3 is 5.97 Å². The summed E-state index contributed by atoms with van der Waals surface area (Å²) in [5.74, 6) is -3.15. The van der Waals surface area contributed by atoms with E-state index < -0.39 is 23.5 Å². The number of aliphatic carboxylic acids is 1. The van der Waals surface area contributed by atoms with Gasteiger partial charge in [0.15, 0.2) is 0 Å². The topological polar surface area (TPSA) is 66.4 Å². The number of carbonyl (C=O) groups is 2. The summed E-state index contributed by atoms with van der Waals surface area (Å²) in [5.41, 5.74) is -0.879. The van der Waals surface area contributed by atoms with Crippen LogP contribution in [-0.2, 0) is 14.3 Å². The quantitative estimate of drug-likeness (QED) is 0.337. The molecule has 1 fully saturated rings. The zero-order valence-electron chi connectivity index (χ0n) is 5.71. The van der Waals surface area contributed by atoms with Crippen molar-refractivity contribution in [2.24, 2.45) is 5.92 Å². The molecule has 0 saturated carbocycles. The van der Waals surface area contributed by atoms with Gasteiger partial charge < -0.3 is 14.6 Å². The molecule has 0 aromatic carbocycles. The predicted molar refractivity (Wildman–Crippen MR) is 28.7 cm³/mol. The van der Waals surface area contributed by atoms with Crippen molar-refractivity contribution in [3.63, 3.8) is 0 Å². The number of hydrogen-bond donors (Lipinski definition) is 0. The fraction of sp³-hybridized carbons (Fsp3) is 0.667. The summed E-state index contributed by atoms with van der Waals surface area (Å²) in [6.45, 7) is 3.07. The van der Waals surface area contributed by atoms with Gasteiger partial charge in [-0.25, -0.2) is 0 Å². The minimum Gasteiger partial charge on any atom is -0.549 e. The van der Waals surface area contributed by atoms with Crippen LogP contribution in [-0.4, -0.2) is 17.5 Å². The van der Waals surface area contributed by atoms with E-state index in [0.29, 0.717) is 0 Å². The molecular weight excluding hydrogens is 136 g/mol. The van der Waals surface area contributed by atoms with Crippen LogP contribution in [0.2, 0.25) is 0 Å². The van der Waals surface area contributed by atoms with E-state index in [9.17, 15) is 14.7 Å². The van der Waals surface area contributed by atoms with Gasteiger partial charge in [0, 0.05) is 0 Å². The van der Waals surface area contributed by atoms with Gasteiger partial charge in [-0.3, -0.25) is 4.79 Å². The third-order valence-corrected chi connectivity index (χ3v) is 1.53. The maximum atomic E-state index is 10.4. The molecule has 0 bridgehead atoms. The Morgan fingerprint density at radius 2 is 2.20 bits per heavy atom. The first-order chi connectivity index (χ1) is 4.45. The summed E-state index contributed by atoms with van der Waals surface area (Å²) < 4.78 is 4.54. The van der Waals surface area contributed by atoms with Gasteiger partial charge in [0.2, 0.25) is 0 Å². The van der Waals surface area contributed by atoms with Crippen molar-refractivity contribution in [3.8, 4) is 0 Å². The van der Waals surface area contributed by atoms with Gasteiger partial charge in [0.25, 0.3) is 0 Å². The second-order valence-corrected chi connectivity index (χ2v) is 2.78. The Labute approximate surface area is 57.8 Å². The minimum atomic E-state index is -1.36. The van der Waals surface area contributed by atoms with Gasteiger partial charge in [-0.2, -0.15) is 0 Å². The lowest BCUT2D eigenvalue weighted by Gasteiger charge is -2.42. The van der Waals surface area contributed by atoms with Crippen molar-refractivity contribution >= 4 is 11.9 Å². The van der Waals surface area contributed by atoms with Crippen LogP contribution in [0.5, 0.6) is 0 Å². The Morgan fingerprint density at radius 3 is 2.30 bits per heavy atom. The highest BCUT2D eigenvalue weighted by Gasteiger charge is 2.50. The molecule has 0 aromatic heterocycles. The van der Waals surface area contributed by atoms with Crippen LogP contribution in [0, 0.1) is 5.92 Å². The van der Waals surface area contributed by atoms with Gasteiger partial charge in [-0.1, -0.05) is 0 Å². The molecule has 1 aliphatic heterocycles. The number of carboxylic acid groups (broad SMARTS) is 1. The molecule has 1 atom stereocenters. The van der Waals surface area contributed by atoms with Gasteiger partial charge in [-0.15, -0.1) is 0 Å². The number of rotatable bonds is 1. The lowest BCUT2D eigenvalue weighted by molar-refractivity contribution is -0.323. The average Bonchev–Trinajstić information content (AvgIpc) is 1.58. The predicted octanol–water partition coefficient (Wildman–Crippen LogP) is -1.31. The van der Waals surface area contributed by atoms with Crippen LogP contribution in [0.3, 0.4) is 0 Å². The standard InChI is InChI=1S/C6H8O4/c1-6(2)3(4(7)8)5(9)10-6/h3H,1-2H3,(H,7,8)/p-1/t3-/m1/s1. The van der Waals surface area contributed by atoms with Crippen molar-refractivity contribution in [3.05, 3.63) is 0 Å². The SMILES string of the molecule is CC1(C)OC(=O)[C@H]1C(=O)[O-]. The maximum Gasteiger partial charge on any atom is 0.319 e. The second-order valence-electron chi connectivity index (χ2n) is 2.78. The highest BCUT2D eigenvalue weighted by Crippen LogP contribution is 2.32. The Hall–Kier alpha value is -1.06. The fourth-order valence-electron chi connectivity index (χ4n) is 0.983. The molecule has 0 N–H and O–H groups in total. The summed E-state index contributed by atoms with van der Waals surface area (Å²) in [7, 11) is 0. The van der Waals surface area contributed by atoms with E-state index >= 15 is 0 Å². The summed E-state index contributed by atoms with van der Waals surface area (Å²) in [6.07, 6.45) is 0.